The van der Waals surface area contributed by atoms with E-state index in [0.717, 1.165) is 51.7 Å². The van der Waals surface area contributed by atoms with Crippen LogP contribution in [-0.4, -0.2) is 45.2 Å². The Bertz CT molecular complexity index is 369. The van der Waals surface area contributed by atoms with Gasteiger partial charge in [-0.05, 0) is 44.6 Å². The Morgan fingerprint density at radius 2 is 2.05 bits per heavy atom. The summed E-state index contributed by atoms with van der Waals surface area (Å²) in [5.74, 6) is 1.03. The van der Waals surface area contributed by atoms with E-state index >= 15 is 0 Å². The molecule has 2 heterocycles. The lowest BCUT2D eigenvalue weighted by molar-refractivity contribution is -0.0100. The smallest absolute Gasteiger partial charge is 0.154 e. The molecular formula is C14H27NO3S. The standard InChI is InChI=1S/C14H27NO3S/c1-2-13-9-12(6-7-18-13)10-15-11-14-5-3-4-8-19(14,16)17/h12-15H,2-11H2,1H3. The van der Waals surface area contributed by atoms with Crippen LogP contribution in [0.25, 0.3) is 0 Å². The van der Waals surface area contributed by atoms with Crippen LogP contribution in [0.2, 0.25) is 0 Å². The second-order valence-corrected chi connectivity index (χ2v) is 8.34. The van der Waals surface area contributed by atoms with E-state index in [4.69, 9.17) is 4.74 Å². The molecule has 19 heavy (non-hydrogen) atoms. The molecular weight excluding hydrogens is 262 g/mol. The molecule has 4 nitrogen and oxygen atoms in total. The Balaban J connectivity index is 1.71. The number of nitrogens with one attached hydrogen (secondary N) is 1. The molecule has 5 heteroatoms. The second kappa shape index (κ2) is 7.04. The molecule has 2 aliphatic heterocycles. The van der Waals surface area contributed by atoms with Crippen LogP contribution in [0.5, 0.6) is 0 Å². The van der Waals surface area contributed by atoms with Crippen LogP contribution in [-0.2, 0) is 14.6 Å². The molecule has 0 saturated carbocycles. The maximum Gasteiger partial charge on any atom is 0.154 e. The third kappa shape index (κ3) is 4.43. The highest BCUT2D eigenvalue weighted by Gasteiger charge is 2.28. The van der Waals surface area contributed by atoms with Crippen LogP contribution in [0.3, 0.4) is 0 Å². The molecule has 0 aliphatic carbocycles. The molecule has 0 aromatic heterocycles. The maximum absolute atomic E-state index is 11.9. The van der Waals surface area contributed by atoms with Gasteiger partial charge in [-0.3, -0.25) is 0 Å². The molecule has 3 atom stereocenters. The summed E-state index contributed by atoms with van der Waals surface area (Å²) < 4.78 is 29.5. The SMILES string of the molecule is CCC1CC(CNCC2CCCCS2(=O)=O)CCO1. The van der Waals surface area contributed by atoms with E-state index in [1.165, 1.54) is 0 Å². The number of sulfone groups is 1. The van der Waals surface area contributed by atoms with E-state index < -0.39 is 9.84 Å². The van der Waals surface area contributed by atoms with Crippen molar-refractivity contribution in [3.05, 3.63) is 0 Å². The minimum atomic E-state index is -2.83. The van der Waals surface area contributed by atoms with Gasteiger partial charge in [0, 0.05) is 13.2 Å². The van der Waals surface area contributed by atoms with Gasteiger partial charge in [0.1, 0.15) is 0 Å². The van der Waals surface area contributed by atoms with E-state index in [9.17, 15) is 8.42 Å². The number of hydrogen-bond donors (Lipinski definition) is 1. The molecule has 3 unspecified atom stereocenters. The highest BCUT2D eigenvalue weighted by molar-refractivity contribution is 7.92. The van der Waals surface area contributed by atoms with Gasteiger partial charge in [-0.2, -0.15) is 0 Å². The lowest BCUT2D eigenvalue weighted by Crippen LogP contribution is -2.40. The van der Waals surface area contributed by atoms with Gasteiger partial charge in [0.2, 0.25) is 0 Å². The van der Waals surface area contributed by atoms with Gasteiger partial charge in [-0.15, -0.1) is 0 Å². The molecule has 0 bridgehead atoms. The van der Waals surface area contributed by atoms with Crippen LogP contribution >= 0.6 is 0 Å². The summed E-state index contributed by atoms with van der Waals surface area (Å²) in [5.41, 5.74) is 0. The summed E-state index contributed by atoms with van der Waals surface area (Å²) in [6, 6.07) is 0. The van der Waals surface area contributed by atoms with Crippen molar-refractivity contribution in [1.29, 1.82) is 0 Å². The van der Waals surface area contributed by atoms with Gasteiger partial charge in [-0.1, -0.05) is 13.3 Å². The minimum Gasteiger partial charge on any atom is -0.378 e. The fraction of sp³-hybridized carbons (Fsp3) is 1.00. The summed E-state index contributed by atoms with van der Waals surface area (Å²) in [6.45, 7) is 4.59. The van der Waals surface area contributed by atoms with Gasteiger partial charge < -0.3 is 10.1 Å². The zero-order valence-corrected chi connectivity index (χ0v) is 12.8. The summed E-state index contributed by atoms with van der Waals surface area (Å²) in [7, 11) is -2.83. The zero-order valence-electron chi connectivity index (χ0n) is 11.9. The second-order valence-electron chi connectivity index (χ2n) is 5.93. The number of hydrogen-bond acceptors (Lipinski definition) is 4. The van der Waals surface area contributed by atoms with Crippen LogP contribution < -0.4 is 5.32 Å². The monoisotopic (exact) mass is 289 g/mol. The van der Waals surface area contributed by atoms with Crippen molar-refractivity contribution < 1.29 is 13.2 Å². The summed E-state index contributed by atoms with van der Waals surface area (Å²) in [4.78, 5) is 0. The van der Waals surface area contributed by atoms with Crippen LogP contribution in [0.4, 0.5) is 0 Å². The van der Waals surface area contributed by atoms with Crippen LogP contribution in [0.1, 0.15) is 45.4 Å². The fourth-order valence-corrected chi connectivity index (χ4v) is 4.97. The molecule has 0 spiro atoms. The lowest BCUT2D eigenvalue weighted by Gasteiger charge is -2.30. The van der Waals surface area contributed by atoms with Crippen LogP contribution in [0.15, 0.2) is 0 Å². The molecule has 2 fully saturated rings. The van der Waals surface area contributed by atoms with E-state index in [-0.39, 0.29) is 5.25 Å². The Kier molecular flexibility index (Phi) is 5.66. The molecule has 2 aliphatic rings. The molecule has 0 amide bonds. The third-order valence-corrected chi connectivity index (χ3v) is 6.72. The van der Waals surface area contributed by atoms with Gasteiger partial charge in [0.15, 0.2) is 9.84 Å². The Labute approximate surface area is 117 Å². The summed E-state index contributed by atoms with van der Waals surface area (Å²) in [5, 5.41) is 3.24. The molecule has 112 valence electrons. The van der Waals surface area contributed by atoms with E-state index in [1.54, 1.807) is 0 Å². The van der Waals surface area contributed by atoms with Gasteiger partial charge >= 0.3 is 0 Å². The molecule has 0 aromatic rings. The van der Waals surface area contributed by atoms with Gasteiger partial charge in [-0.25, -0.2) is 8.42 Å². The van der Waals surface area contributed by atoms with E-state index in [0.29, 0.717) is 24.3 Å². The Morgan fingerprint density at radius 3 is 2.79 bits per heavy atom. The van der Waals surface area contributed by atoms with Crippen molar-refractivity contribution in [3.63, 3.8) is 0 Å². The Morgan fingerprint density at radius 1 is 1.21 bits per heavy atom. The lowest BCUT2D eigenvalue weighted by atomic mass is 9.94. The third-order valence-electron chi connectivity index (χ3n) is 4.45. The highest BCUT2D eigenvalue weighted by Crippen LogP contribution is 2.22. The number of rotatable bonds is 5. The van der Waals surface area contributed by atoms with Crippen molar-refractivity contribution in [1.82, 2.24) is 5.32 Å². The topological polar surface area (TPSA) is 55.4 Å². The fourth-order valence-electron chi connectivity index (χ4n) is 3.13. The number of ether oxygens (including phenoxy) is 1. The first kappa shape index (κ1) is 15.3. The van der Waals surface area contributed by atoms with Crippen molar-refractivity contribution in [2.45, 2.75) is 56.8 Å². The molecule has 0 radical (unpaired) electrons. The van der Waals surface area contributed by atoms with Crippen molar-refractivity contribution in [3.8, 4) is 0 Å². The van der Waals surface area contributed by atoms with Crippen molar-refractivity contribution in [2.24, 2.45) is 5.92 Å². The van der Waals surface area contributed by atoms with E-state index in [1.807, 2.05) is 0 Å². The van der Waals surface area contributed by atoms with Gasteiger partial charge in [0.25, 0.3) is 0 Å². The summed E-state index contributed by atoms with van der Waals surface area (Å²) in [6.07, 6.45) is 6.42. The average Bonchev–Trinajstić information content (AvgIpc) is 2.41. The highest BCUT2D eigenvalue weighted by atomic mass is 32.2. The first-order chi connectivity index (χ1) is 9.12. The predicted molar refractivity (Wildman–Crippen MR) is 77.1 cm³/mol. The first-order valence-corrected chi connectivity index (χ1v) is 9.37. The predicted octanol–water partition coefficient (Wildman–Crippen LogP) is 1.75. The maximum atomic E-state index is 11.9. The van der Waals surface area contributed by atoms with E-state index in [2.05, 4.69) is 12.2 Å². The molecule has 0 aromatic carbocycles. The molecule has 1 N–H and O–H groups in total. The molecule has 2 rings (SSSR count). The minimum absolute atomic E-state index is 0.150. The van der Waals surface area contributed by atoms with Crippen LogP contribution in [0, 0.1) is 5.92 Å². The average molecular weight is 289 g/mol. The van der Waals surface area contributed by atoms with Gasteiger partial charge in [0.05, 0.1) is 17.1 Å². The molecule has 2 saturated heterocycles. The Hall–Kier alpha value is -0.130. The summed E-state index contributed by atoms with van der Waals surface area (Å²) >= 11 is 0. The zero-order chi connectivity index (χ0) is 13.7. The van der Waals surface area contributed by atoms with Crippen molar-refractivity contribution in [2.75, 3.05) is 25.4 Å². The largest absolute Gasteiger partial charge is 0.378 e. The van der Waals surface area contributed by atoms with Crippen molar-refractivity contribution >= 4 is 9.84 Å². The normalized spacial score (nSPS) is 35.1. The quantitative estimate of drug-likeness (QED) is 0.838. The first-order valence-electron chi connectivity index (χ1n) is 7.65.